The van der Waals surface area contributed by atoms with Crippen LogP contribution < -0.4 is 15.8 Å². The van der Waals surface area contributed by atoms with Gasteiger partial charge in [-0.2, -0.15) is 0 Å². The number of aryl methyl sites for hydroxylation is 1. The number of hydrogen-bond donors (Lipinski definition) is 3. The summed E-state index contributed by atoms with van der Waals surface area (Å²) in [4.78, 5) is 20.8. The fourth-order valence-electron chi connectivity index (χ4n) is 2.26. The number of carbonyl (C=O) groups is 1. The van der Waals surface area contributed by atoms with Crippen LogP contribution in [0, 0.1) is 6.92 Å². The van der Waals surface area contributed by atoms with Gasteiger partial charge in [-0.15, -0.1) is 0 Å². The Hall–Kier alpha value is -2.52. The normalized spacial score (nSPS) is 11.4. The van der Waals surface area contributed by atoms with Gasteiger partial charge in [0.1, 0.15) is 5.69 Å². The molecular weight excluding hydrogens is 354 g/mol. The van der Waals surface area contributed by atoms with Crippen molar-refractivity contribution in [2.75, 3.05) is 11.9 Å². The summed E-state index contributed by atoms with van der Waals surface area (Å²) in [6, 6.07) is 8.03. The van der Waals surface area contributed by atoms with E-state index in [2.05, 4.69) is 20.6 Å². The van der Waals surface area contributed by atoms with Crippen molar-refractivity contribution >= 4 is 21.9 Å². The van der Waals surface area contributed by atoms with Gasteiger partial charge in [-0.25, -0.2) is 23.5 Å². The van der Waals surface area contributed by atoms with Crippen LogP contribution in [0.25, 0.3) is 0 Å². The lowest BCUT2D eigenvalue weighted by Gasteiger charge is -2.11. The van der Waals surface area contributed by atoms with Crippen LogP contribution in [0.1, 0.15) is 35.6 Å². The van der Waals surface area contributed by atoms with Gasteiger partial charge >= 0.3 is 0 Å². The van der Waals surface area contributed by atoms with Gasteiger partial charge < -0.3 is 10.6 Å². The Balaban J connectivity index is 1.95. The quantitative estimate of drug-likeness (QED) is 0.666. The number of aromatic nitrogens is 2. The first-order valence-electron chi connectivity index (χ1n) is 8.17. The van der Waals surface area contributed by atoms with Gasteiger partial charge in [0.05, 0.1) is 4.90 Å². The summed E-state index contributed by atoms with van der Waals surface area (Å²) in [5.41, 5.74) is 1.89. The second-order valence-electron chi connectivity index (χ2n) is 6.21. The molecule has 2 rings (SSSR count). The molecule has 2 aromatic rings. The molecule has 1 amide bonds. The highest BCUT2D eigenvalue weighted by Crippen LogP contribution is 2.09. The predicted molar refractivity (Wildman–Crippen MR) is 99.4 cm³/mol. The van der Waals surface area contributed by atoms with Gasteiger partial charge in [0.2, 0.25) is 16.0 Å². The summed E-state index contributed by atoms with van der Waals surface area (Å²) in [5, 5.41) is 10.9. The van der Waals surface area contributed by atoms with Gasteiger partial charge in [0, 0.05) is 18.3 Å². The molecule has 0 spiro atoms. The fraction of sp³-hybridized carbons (Fsp3) is 0.353. The first-order valence-corrected chi connectivity index (χ1v) is 9.72. The molecule has 0 saturated heterocycles. The summed E-state index contributed by atoms with van der Waals surface area (Å²) in [5.74, 6) is 0.132. The van der Waals surface area contributed by atoms with Crippen molar-refractivity contribution < 1.29 is 13.2 Å². The Morgan fingerprint density at radius 2 is 1.85 bits per heavy atom. The van der Waals surface area contributed by atoms with E-state index in [-0.39, 0.29) is 16.8 Å². The number of nitrogens with zero attached hydrogens (tertiary/aromatic N) is 2. The van der Waals surface area contributed by atoms with Crippen LogP contribution in [0.5, 0.6) is 0 Å². The highest BCUT2D eigenvalue weighted by molar-refractivity contribution is 7.89. The molecule has 0 unspecified atom stereocenters. The van der Waals surface area contributed by atoms with Crippen LogP contribution in [0.3, 0.4) is 0 Å². The summed E-state index contributed by atoms with van der Waals surface area (Å²) < 4.78 is 22.5. The van der Waals surface area contributed by atoms with Crippen molar-refractivity contribution in [3.8, 4) is 0 Å². The largest absolute Gasteiger partial charge is 0.352 e. The zero-order valence-corrected chi connectivity index (χ0v) is 15.8. The Labute approximate surface area is 153 Å². The Morgan fingerprint density at radius 1 is 1.19 bits per heavy atom. The molecule has 0 aliphatic rings. The van der Waals surface area contributed by atoms with E-state index >= 15 is 0 Å². The number of benzene rings is 1. The predicted octanol–water partition coefficient (Wildman–Crippen LogP) is 1.23. The van der Waals surface area contributed by atoms with Gasteiger partial charge in [-0.05, 0) is 51.0 Å². The average Bonchev–Trinajstić information content (AvgIpc) is 2.53. The van der Waals surface area contributed by atoms with Gasteiger partial charge in [0.15, 0.2) is 0 Å². The van der Waals surface area contributed by atoms with Crippen molar-refractivity contribution in [2.45, 2.75) is 38.1 Å². The van der Waals surface area contributed by atoms with Crippen molar-refractivity contribution in [3.63, 3.8) is 0 Å². The molecule has 0 fully saturated rings. The third-order valence-electron chi connectivity index (χ3n) is 3.46. The standard InChI is InChI=1S/C17H23N5O3S/c1-11(2)20-17-21-12(3)10-15(22-17)16(23)19-9-8-13-4-6-14(7-5-13)26(18,24)25/h4-7,10-11H,8-9H2,1-3H3,(H,19,23)(H2,18,24,25)(H,20,21,22). The first kappa shape index (κ1) is 19.8. The van der Waals surface area contributed by atoms with Crippen molar-refractivity contribution in [2.24, 2.45) is 5.14 Å². The molecule has 0 saturated carbocycles. The minimum Gasteiger partial charge on any atom is -0.352 e. The van der Waals surface area contributed by atoms with E-state index in [0.717, 1.165) is 5.56 Å². The zero-order valence-electron chi connectivity index (χ0n) is 15.0. The second kappa shape index (κ2) is 8.24. The number of nitrogens with one attached hydrogen (secondary N) is 2. The Morgan fingerprint density at radius 3 is 2.42 bits per heavy atom. The third-order valence-corrected chi connectivity index (χ3v) is 4.38. The lowest BCUT2D eigenvalue weighted by Crippen LogP contribution is -2.27. The topological polar surface area (TPSA) is 127 Å². The minimum absolute atomic E-state index is 0.0620. The lowest BCUT2D eigenvalue weighted by atomic mass is 10.1. The highest BCUT2D eigenvalue weighted by Gasteiger charge is 2.11. The first-order chi connectivity index (χ1) is 12.1. The van der Waals surface area contributed by atoms with Crippen LogP contribution in [-0.4, -0.2) is 36.9 Å². The van der Waals surface area contributed by atoms with E-state index in [1.807, 2.05) is 13.8 Å². The number of hydrogen-bond acceptors (Lipinski definition) is 6. The van der Waals surface area contributed by atoms with E-state index in [1.165, 1.54) is 12.1 Å². The summed E-state index contributed by atoms with van der Waals surface area (Å²) >= 11 is 0. The molecule has 1 heterocycles. The molecule has 0 atom stereocenters. The smallest absolute Gasteiger partial charge is 0.270 e. The third kappa shape index (κ3) is 5.78. The van der Waals surface area contributed by atoms with E-state index in [1.54, 1.807) is 25.1 Å². The molecule has 9 heteroatoms. The Bertz CT molecular complexity index is 880. The van der Waals surface area contributed by atoms with Crippen LogP contribution in [-0.2, 0) is 16.4 Å². The van der Waals surface area contributed by atoms with E-state index < -0.39 is 10.0 Å². The molecule has 1 aromatic carbocycles. The second-order valence-corrected chi connectivity index (χ2v) is 7.77. The molecule has 0 radical (unpaired) electrons. The molecule has 8 nitrogen and oxygen atoms in total. The minimum atomic E-state index is -3.70. The molecule has 4 N–H and O–H groups in total. The zero-order chi connectivity index (χ0) is 19.3. The maximum Gasteiger partial charge on any atom is 0.270 e. The molecule has 140 valence electrons. The average molecular weight is 377 g/mol. The fourth-order valence-corrected chi connectivity index (χ4v) is 2.78. The molecule has 0 aliphatic carbocycles. The van der Waals surface area contributed by atoms with Crippen LogP contribution >= 0.6 is 0 Å². The molecule has 0 bridgehead atoms. The van der Waals surface area contributed by atoms with Gasteiger partial charge in [-0.3, -0.25) is 4.79 Å². The van der Waals surface area contributed by atoms with E-state index in [4.69, 9.17) is 5.14 Å². The number of primary sulfonamides is 1. The highest BCUT2D eigenvalue weighted by atomic mass is 32.2. The van der Waals surface area contributed by atoms with E-state index in [0.29, 0.717) is 30.3 Å². The summed E-state index contributed by atoms with van der Waals surface area (Å²) in [6.07, 6.45) is 0.553. The molecular formula is C17H23N5O3S. The molecule has 0 aliphatic heterocycles. The monoisotopic (exact) mass is 377 g/mol. The SMILES string of the molecule is Cc1cc(C(=O)NCCc2ccc(S(N)(=O)=O)cc2)nc(NC(C)C)n1. The maximum absolute atomic E-state index is 12.3. The summed E-state index contributed by atoms with van der Waals surface area (Å²) in [6.45, 7) is 6.12. The number of nitrogens with two attached hydrogens (primary N) is 1. The van der Waals surface area contributed by atoms with Crippen molar-refractivity contribution in [1.82, 2.24) is 15.3 Å². The number of carbonyl (C=O) groups excluding carboxylic acids is 1. The van der Waals surface area contributed by atoms with Gasteiger partial charge in [0.25, 0.3) is 5.91 Å². The van der Waals surface area contributed by atoms with Crippen LogP contribution in [0.15, 0.2) is 35.2 Å². The number of amides is 1. The van der Waals surface area contributed by atoms with Crippen molar-refractivity contribution in [3.05, 3.63) is 47.3 Å². The number of rotatable bonds is 7. The number of anilines is 1. The number of sulfonamides is 1. The molecule has 26 heavy (non-hydrogen) atoms. The van der Waals surface area contributed by atoms with Crippen LogP contribution in [0.2, 0.25) is 0 Å². The van der Waals surface area contributed by atoms with E-state index in [9.17, 15) is 13.2 Å². The van der Waals surface area contributed by atoms with Gasteiger partial charge in [-0.1, -0.05) is 12.1 Å². The molecule has 1 aromatic heterocycles. The summed E-state index contributed by atoms with van der Waals surface area (Å²) in [7, 11) is -3.70. The lowest BCUT2D eigenvalue weighted by molar-refractivity contribution is 0.0949. The Kier molecular flexibility index (Phi) is 6.27. The maximum atomic E-state index is 12.3. The van der Waals surface area contributed by atoms with Crippen LogP contribution in [0.4, 0.5) is 5.95 Å². The van der Waals surface area contributed by atoms with Crippen molar-refractivity contribution in [1.29, 1.82) is 0 Å².